The molecule has 0 bridgehead atoms. The summed E-state index contributed by atoms with van der Waals surface area (Å²) >= 11 is 0. The number of para-hydroxylation sites is 2. The third-order valence-corrected chi connectivity index (χ3v) is 8.97. The van der Waals surface area contributed by atoms with Crippen LogP contribution in [-0.2, 0) is 0 Å². The molecule has 0 spiro atoms. The topological polar surface area (TPSA) is 51.8 Å². The van der Waals surface area contributed by atoms with E-state index in [9.17, 15) is 0 Å². The van der Waals surface area contributed by atoms with E-state index in [1.165, 1.54) is 11.1 Å². The zero-order valence-corrected chi connectivity index (χ0v) is 26.5. The lowest BCUT2D eigenvalue weighted by Crippen LogP contribution is -2.00. The number of hydrogen-bond donors (Lipinski definition) is 0. The van der Waals surface area contributed by atoms with Gasteiger partial charge in [0, 0.05) is 33.0 Å². The molecule has 0 radical (unpaired) electrons. The Labute approximate surface area is 284 Å². The van der Waals surface area contributed by atoms with Gasteiger partial charge in [-0.25, -0.2) is 15.0 Å². The second kappa shape index (κ2) is 12.2. The average molecular weight is 628 g/mol. The van der Waals surface area contributed by atoms with Gasteiger partial charge in [0.05, 0.1) is 0 Å². The molecule has 0 fully saturated rings. The first-order valence-corrected chi connectivity index (χ1v) is 16.4. The van der Waals surface area contributed by atoms with Gasteiger partial charge in [0.2, 0.25) is 0 Å². The van der Waals surface area contributed by atoms with E-state index in [1.54, 1.807) is 0 Å². The predicted octanol–water partition coefficient (Wildman–Crippen LogP) is 11.8. The van der Waals surface area contributed by atoms with Gasteiger partial charge in [-0.15, -0.1) is 0 Å². The van der Waals surface area contributed by atoms with Crippen molar-refractivity contribution in [3.05, 3.63) is 176 Å². The van der Waals surface area contributed by atoms with E-state index >= 15 is 0 Å². The van der Waals surface area contributed by atoms with Crippen LogP contribution in [0.5, 0.6) is 0 Å². The SMILES string of the molecule is c1ccc(-c2cccc(-c3ccc(-c4nc(-c5ccccc5)nc(-c5ccc(-c6cccc7c6oc6ccccc67)cc5)n4)cc3)c2)cc1. The fourth-order valence-corrected chi connectivity index (χ4v) is 6.44. The van der Waals surface area contributed by atoms with Crippen LogP contribution in [0.3, 0.4) is 0 Å². The highest BCUT2D eigenvalue weighted by molar-refractivity contribution is 6.09. The summed E-state index contributed by atoms with van der Waals surface area (Å²) in [6.45, 7) is 0. The lowest BCUT2D eigenvalue weighted by molar-refractivity contribution is 0.670. The molecule has 2 heterocycles. The first kappa shape index (κ1) is 28.6. The first-order chi connectivity index (χ1) is 24.3. The van der Waals surface area contributed by atoms with Gasteiger partial charge in [-0.05, 0) is 39.9 Å². The lowest BCUT2D eigenvalue weighted by Gasteiger charge is -2.10. The number of nitrogens with zero attached hydrogens (tertiary/aromatic N) is 3. The number of fused-ring (bicyclic) bond motifs is 3. The molecule has 9 rings (SSSR count). The molecule has 2 aromatic heterocycles. The van der Waals surface area contributed by atoms with Gasteiger partial charge in [0.25, 0.3) is 0 Å². The van der Waals surface area contributed by atoms with Crippen molar-refractivity contribution in [1.82, 2.24) is 15.0 Å². The van der Waals surface area contributed by atoms with Crippen molar-refractivity contribution < 1.29 is 4.42 Å². The van der Waals surface area contributed by atoms with Gasteiger partial charge < -0.3 is 4.42 Å². The van der Waals surface area contributed by atoms with E-state index < -0.39 is 0 Å². The van der Waals surface area contributed by atoms with Gasteiger partial charge in [0.15, 0.2) is 17.5 Å². The normalized spacial score (nSPS) is 11.3. The van der Waals surface area contributed by atoms with E-state index in [-0.39, 0.29) is 0 Å². The molecule has 0 aliphatic heterocycles. The van der Waals surface area contributed by atoms with Gasteiger partial charge in [-0.1, -0.05) is 164 Å². The minimum atomic E-state index is 0.622. The van der Waals surface area contributed by atoms with Crippen molar-refractivity contribution in [2.24, 2.45) is 0 Å². The second-order valence-electron chi connectivity index (χ2n) is 12.1. The Balaban J connectivity index is 1.08. The smallest absolute Gasteiger partial charge is 0.164 e. The summed E-state index contributed by atoms with van der Waals surface area (Å²) in [6, 6.07) is 60.5. The third-order valence-electron chi connectivity index (χ3n) is 8.97. The minimum Gasteiger partial charge on any atom is -0.455 e. The maximum atomic E-state index is 6.31. The Hall–Kier alpha value is -6.65. The zero-order valence-electron chi connectivity index (χ0n) is 26.5. The Morgan fingerprint density at radius 2 is 0.735 bits per heavy atom. The van der Waals surface area contributed by atoms with E-state index in [4.69, 9.17) is 19.4 Å². The van der Waals surface area contributed by atoms with E-state index in [2.05, 4.69) is 121 Å². The van der Waals surface area contributed by atoms with Crippen LogP contribution >= 0.6 is 0 Å². The molecule has 0 saturated carbocycles. The monoisotopic (exact) mass is 627 g/mol. The van der Waals surface area contributed by atoms with Crippen LogP contribution in [0.15, 0.2) is 180 Å². The minimum absolute atomic E-state index is 0.622. The van der Waals surface area contributed by atoms with Gasteiger partial charge in [-0.3, -0.25) is 0 Å². The molecule has 0 amide bonds. The molecule has 0 N–H and O–H groups in total. The molecule has 0 saturated heterocycles. The maximum Gasteiger partial charge on any atom is 0.164 e. The van der Waals surface area contributed by atoms with Crippen molar-refractivity contribution in [3.63, 3.8) is 0 Å². The van der Waals surface area contributed by atoms with Crippen LogP contribution in [0.2, 0.25) is 0 Å². The largest absolute Gasteiger partial charge is 0.455 e. The summed E-state index contributed by atoms with van der Waals surface area (Å²) in [6.07, 6.45) is 0. The standard InChI is InChI=1S/C45H29N3O/c1-3-11-30(12-4-1)36-15-9-16-37(29-36)31-21-25-34(26-22-31)44-46-43(33-13-5-2-6-14-33)47-45(48-44)35-27-23-32(24-28-35)38-18-10-19-40-39-17-7-8-20-41(39)49-42(38)40/h1-29H. The van der Waals surface area contributed by atoms with Crippen LogP contribution in [0.1, 0.15) is 0 Å². The van der Waals surface area contributed by atoms with Crippen LogP contribution in [0.25, 0.3) is 89.5 Å². The molecule has 7 aromatic carbocycles. The number of aromatic nitrogens is 3. The van der Waals surface area contributed by atoms with Gasteiger partial charge >= 0.3 is 0 Å². The van der Waals surface area contributed by atoms with Crippen molar-refractivity contribution in [2.45, 2.75) is 0 Å². The molecular weight excluding hydrogens is 599 g/mol. The Bertz CT molecular complexity index is 2570. The number of hydrogen-bond acceptors (Lipinski definition) is 4. The molecule has 49 heavy (non-hydrogen) atoms. The predicted molar refractivity (Wildman–Crippen MR) is 200 cm³/mol. The Kier molecular flexibility index (Phi) is 7.10. The van der Waals surface area contributed by atoms with Crippen molar-refractivity contribution in [1.29, 1.82) is 0 Å². The van der Waals surface area contributed by atoms with Gasteiger partial charge in [-0.2, -0.15) is 0 Å². The van der Waals surface area contributed by atoms with E-state index in [1.807, 2.05) is 54.6 Å². The summed E-state index contributed by atoms with van der Waals surface area (Å²) in [7, 11) is 0. The third kappa shape index (κ3) is 5.45. The second-order valence-corrected chi connectivity index (χ2v) is 12.1. The van der Waals surface area contributed by atoms with E-state index in [0.717, 1.165) is 60.9 Å². The molecule has 0 atom stereocenters. The molecular formula is C45H29N3O. The maximum absolute atomic E-state index is 6.31. The summed E-state index contributed by atoms with van der Waals surface area (Å²) in [5.41, 5.74) is 11.4. The van der Waals surface area contributed by atoms with Crippen LogP contribution in [0, 0.1) is 0 Å². The number of benzene rings is 7. The fourth-order valence-electron chi connectivity index (χ4n) is 6.44. The highest BCUT2D eigenvalue weighted by atomic mass is 16.3. The summed E-state index contributed by atoms with van der Waals surface area (Å²) in [5.74, 6) is 1.89. The highest BCUT2D eigenvalue weighted by Gasteiger charge is 2.15. The molecule has 0 aliphatic rings. The Morgan fingerprint density at radius 3 is 1.37 bits per heavy atom. The highest BCUT2D eigenvalue weighted by Crippen LogP contribution is 2.36. The van der Waals surface area contributed by atoms with Crippen LogP contribution in [0.4, 0.5) is 0 Å². The van der Waals surface area contributed by atoms with Crippen LogP contribution in [-0.4, -0.2) is 15.0 Å². The summed E-state index contributed by atoms with van der Waals surface area (Å²) in [5, 5.41) is 2.23. The molecule has 4 heteroatoms. The van der Waals surface area contributed by atoms with E-state index in [0.29, 0.717) is 17.5 Å². The molecule has 4 nitrogen and oxygen atoms in total. The lowest BCUT2D eigenvalue weighted by atomic mass is 9.98. The molecule has 9 aromatic rings. The Morgan fingerprint density at radius 1 is 0.306 bits per heavy atom. The quantitative estimate of drug-likeness (QED) is 0.184. The first-order valence-electron chi connectivity index (χ1n) is 16.4. The van der Waals surface area contributed by atoms with Crippen molar-refractivity contribution in [2.75, 3.05) is 0 Å². The summed E-state index contributed by atoms with van der Waals surface area (Å²) < 4.78 is 6.31. The van der Waals surface area contributed by atoms with Crippen molar-refractivity contribution >= 4 is 21.9 Å². The number of furan rings is 1. The molecule has 230 valence electrons. The van der Waals surface area contributed by atoms with Crippen molar-refractivity contribution in [3.8, 4) is 67.5 Å². The van der Waals surface area contributed by atoms with Gasteiger partial charge in [0.1, 0.15) is 11.2 Å². The molecule has 0 unspecified atom stereocenters. The fraction of sp³-hybridized carbons (Fsp3) is 0. The number of rotatable bonds is 6. The summed E-state index contributed by atoms with van der Waals surface area (Å²) in [4.78, 5) is 14.9. The average Bonchev–Trinajstić information content (AvgIpc) is 3.58. The van der Waals surface area contributed by atoms with Crippen LogP contribution < -0.4 is 0 Å². The molecule has 0 aliphatic carbocycles. The zero-order chi connectivity index (χ0) is 32.6.